The lowest BCUT2D eigenvalue weighted by molar-refractivity contribution is 0.289. The number of rotatable bonds is 5. The van der Waals surface area contributed by atoms with Gasteiger partial charge in [-0.1, -0.05) is 60.1 Å². The second-order valence-corrected chi connectivity index (χ2v) is 6.66. The lowest BCUT2D eigenvalue weighted by atomic mass is 10.2. The van der Waals surface area contributed by atoms with Crippen molar-refractivity contribution < 1.29 is 4.74 Å². The van der Waals surface area contributed by atoms with E-state index in [0.717, 1.165) is 38.8 Å². The maximum absolute atomic E-state index is 6.37. The van der Waals surface area contributed by atoms with Gasteiger partial charge in [0.05, 0.1) is 17.6 Å². The van der Waals surface area contributed by atoms with E-state index in [4.69, 9.17) is 21.3 Å². The molecule has 3 nitrogen and oxygen atoms in total. The molecule has 4 aromatic rings. The van der Waals surface area contributed by atoms with Gasteiger partial charge in [-0.25, -0.2) is 4.98 Å². The van der Waals surface area contributed by atoms with Crippen molar-refractivity contribution in [3.63, 3.8) is 0 Å². The number of halogens is 1. The van der Waals surface area contributed by atoms with Crippen molar-refractivity contribution in [3.05, 3.63) is 94.8 Å². The molecule has 4 rings (SSSR count). The molecule has 0 unspecified atom stereocenters. The first-order valence-electron chi connectivity index (χ1n) is 8.58. The molecule has 4 heteroatoms. The number of hydrogen-bond acceptors (Lipinski definition) is 2. The van der Waals surface area contributed by atoms with Crippen molar-refractivity contribution in [1.82, 2.24) is 9.55 Å². The Hall–Kier alpha value is -2.78. The van der Waals surface area contributed by atoms with Gasteiger partial charge >= 0.3 is 0 Å². The van der Waals surface area contributed by atoms with Crippen molar-refractivity contribution in [2.75, 3.05) is 0 Å². The normalized spacial score (nSPS) is 11.0. The van der Waals surface area contributed by atoms with Crippen LogP contribution in [0.2, 0.25) is 5.02 Å². The van der Waals surface area contributed by atoms with E-state index in [9.17, 15) is 0 Å². The van der Waals surface area contributed by atoms with Gasteiger partial charge in [0.15, 0.2) is 0 Å². The molecule has 1 aromatic heterocycles. The molecule has 0 atom stereocenters. The van der Waals surface area contributed by atoms with Crippen LogP contribution in [0.15, 0.2) is 72.8 Å². The molecule has 0 saturated heterocycles. The topological polar surface area (TPSA) is 27.1 Å². The fourth-order valence-corrected chi connectivity index (χ4v) is 3.27. The molecule has 0 fully saturated rings. The molecule has 0 saturated carbocycles. The molecule has 3 aromatic carbocycles. The Bertz CT molecular complexity index is 1050. The van der Waals surface area contributed by atoms with E-state index in [1.54, 1.807) is 0 Å². The number of ether oxygens (including phenoxy) is 1. The highest BCUT2D eigenvalue weighted by atomic mass is 35.5. The highest BCUT2D eigenvalue weighted by Gasteiger charge is 2.13. The van der Waals surface area contributed by atoms with E-state index in [2.05, 4.69) is 10.6 Å². The van der Waals surface area contributed by atoms with Crippen LogP contribution in [0.4, 0.5) is 0 Å². The van der Waals surface area contributed by atoms with Crippen molar-refractivity contribution in [2.24, 2.45) is 0 Å². The van der Waals surface area contributed by atoms with Crippen LogP contribution >= 0.6 is 11.6 Å². The van der Waals surface area contributed by atoms with Gasteiger partial charge in [-0.3, -0.25) is 0 Å². The van der Waals surface area contributed by atoms with Gasteiger partial charge in [0.25, 0.3) is 0 Å². The Balaban J connectivity index is 1.70. The predicted molar refractivity (Wildman–Crippen MR) is 106 cm³/mol. The Morgan fingerprint density at radius 2 is 1.65 bits per heavy atom. The second kappa shape index (κ2) is 7.22. The number of aryl methyl sites for hydroxylation is 1. The third-order valence-electron chi connectivity index (χ3n) is 4.47. The van der Waals surface area contributed by atoms with Crippen LogP contribution in [0.3, 0.4) is 0 Å². The number of imidazole rings is 1. The van der Waals surface area contributed by atoms with Crippen molar-refractivity contribution in [1.29, 1.82) is 0 Å². The van der Waals surface area contributed by atoms with Gasteiger partial charge in [0, 0.05) is 5.02 Å². The summed E-state index contributed by atoms with van der Waals surface area (Å²) in [7, 11) is 0. The summed E-state index contributed by atoms with van der Waals surface area (Å²) in [6.45, 7) is 3.11. The molecule has 0 aliphatic heterocycles. The summed E-state index contributed by atoms with van der Waals surface area (Å²) < 4.78 is 8.22. The smallest absolute Gasteiger partial charge is 0.148 e. The van der Waals surface area contributed by atoms with E-state index in [-0.39, 0.29) is 0 Å². The summed E-state index contributed by atoms with van der Waals surface area (Å²) in [6.07, 6.45) is 0. The summed E-state index contributed by atoms with van der Waals surface area (Å²) in [5.41, 5.74) is 4.22. The van der Waals surface area contributed by atoms with Gasteiger partial charge in [0.1, 0.15) is 18.2 Å². The standard InChI is InChI=1S/C22H19ClN2O/c1-16-8-2-7-13-21(16)26-15-22-24-19-11-5-6-12-20(19)25(22)14-17-9-3-4-10-18(17)23/h2-13H,14-15H2,1H3. The molecule has 0 radical (unpaired) electrons. The molecule has 130 valence electrons. The van der Waals surface area contributed by atoms with E-state index >= 15 is 0 Å². The van der Waals surface area contributed by atoms with Crippen molar-refractivity contribution in [2.45, 2.75) is 20.1 Å². The summed E-state index contributed by atoms with van der Waals surface area (Å²) in [5.74, 6) is 1.76. The molecule has 1 heterocycles. The molecule has 26 heavy (non-hydrogen) atoms. The maximum Gasteiger partial charge on any atom is 0.148 e. The van der Waals surface area contributed by atoms with Crippen LogP contribution < -0.4 is 4.74 Å². The highest BCUT2D eigenvalue weighted by Crippen LogP contribution is 2.23. The van der Waals surface area contributed by atoms with E-state index in [0.29, 0.717) is 13.2 Å². The van der Waals surface area contributed by atoms with Crippen molar-refractivity contribution >= 4 is 22.6 Å². The average Bonchev–Trinajstić information content (AvgIpc) is 3.01. The molecule has 0 aliphatic rings. The van der Waals surface area contributed by atoms with Gasteiger partial charge < -0.3 is 9.30 Å². The molecule has 0 spiro atoms. The number of para-hydroxylation sites is 3. The Morgan fingerprint density at radius 1 is 0.923 bits per heavy atom. The fraction of sp³-hybridized carbons (Fsp3) is 0.136. The van der Waals surface area contributed by atoms with Crippen molar-refractivity contribution in [3.8, 4) is 5.75 Å². The quantitative estimate of drug-likeness (QED) is 0.460. The molecule has 0 N–H and O–H groups in total. The summed E-state index contributed by atoms with van der Waals surface area (Å²) in [6, 6.07) is 24.1. The van der Waals surface area contributed by atoms with Crippen LogP contribution in [0.25, 0.3) is 11.0 Å². The molecular formula is C22H19ClN2O. The predicted octanol–water partition coefficient (Wildman–Crippen LogP) is 5.63. The highest BCUT2D eigenvalue weighted by molar-refractivity contribution is 6.31. The number of nitrogens with zero attached hydrogens (tertiary/aromatic N) is 2. The number of fused-ring (bicyclic) bond motifs is 1. The van der Waals surface area contributed by atoms with Gasteiger partial charge in [0.2, 0.25) is 0 Å². The summed E-state index contributed by atoms with van der Waals surface area (Å²) in [5, 5.41) is 0.760. The summed E-state index contributed by atoms with van der Waals surface area (Å²) >= 11 is 6.37. The van der Waals surface area contributed by atoms with E-state index < -0.39 is 0 Å². The number of hydrogen-bond donors (Lipinski definition) is 0. The van der Waals surface area contributed by atoms with Crippen LogP contribution in [0.5, 0.6) is 5.75 Å². The number of benzene rings is 3. The van der Waals surface area contributed by atoms with Crippen LogP contribution in [0, 0.1) is 6.92 Å². The first-order valence-corrected chi connectivity index (χ1v) is 8.96. The molecular weight excluding hydrogens is 344 g/mol. The van der Waals surface area contributed by atoms with Crippen LogP contribution in [-0.4, -0.2) is 9.55 Å². The van der Waals surface area contributed by atoms with Gasteiger partial charge in [-0.05, 0) is 42.3 Å². The number of aromatic nitrogens is 2. The maximum atomic E-state index is 6.37. The van der Waals surface area contributed by atoms with E-state index in [1.165, 1.54) is 0 Å². The fourth-order valence-electron chi connectivity index (χ4n) is 3.07. The Morgan fingerprint density at radius 3 is 2.50 bits per heavy atom. The van der Waals surface area contributed by atoms with Crippen LogP contribution in [-0.2, 0) is 13.2 Å². The zero-order valence-corrected chi connectivity index (χ0v) is 15.3. The van der Waals surface area contributed by atoms with Gasteiger partial charge in [-0.2, -0.15) is 0 Å². The first kappa shape index (κ1) is 16.7. The summed E-state index contributed by atoms with van der Waals surface area (Å²) in [4.78, 5) is 4.78. The molecule has 0 aliphatic carbocycles. The first-order chi connectivity index (χ1) is 12.7. The lowest BCUT2D eigenvalue weighted by Gasteiger charge is -2.12. The van der Waals surface area contributed by atoms with Gasteiger partial charge in [-0.15, -0.1) is 0 Å². The monoisotopic (exact) mass is 362 g/mol. The van der Waals surface area contributed by atoms with Crippen LogP contribution in [0.1, 0.15) is 17.0 Å². The largest absolute Gasteiger partial charge is 0.485 e. The minimum absolute atomic E-state index is 0.407. The Labute approximate surface area is 157 Å². The third-order valence-corrected chi connectivity index (χ3v) is 4.84. The Kier molecular flexibility index (Phi) is 4.63. The van der Waals surface area contributed by atoms with E-state index in [1.807, 2.05) is 73.7 Å². The lowest BCUT2D eigenvalue weighted by Crippen LogP contribution is -2.09. The molecule has 0 bridgehead atoms. The third kappa shape index (κ3) is 3.31. The second-order valence-electron chi connectivity index (χ2n) is 6.25. The zero-order valence-electron chi connectivity index (χ0n) is 14.5. The minimum Gasteiger partial charge on any atom is -0.485 e. The molecule has 0 amide bonds. The zero-order chi connectivity index (χ0) is 17.9. The SMILES string of the molecule is Cc1ccccc1OCc1nc2ccccc2n1Cc1ccccc1Cl. The minimum atomic E-state index is 0.407. The average molecular weight is 363 g/mol.